The number of thiazole rings is 1. The van der Waals surface area contributed by atoms with Crippen LogP contribution in [0.5, 0.6) is 0 Å². The first-order chi connectivity index (χ1) is 12.7. The van der Waals surface area contributed by atoms with E-state index in [1.54, 1.807) is 4.90 Å². The number of likely N-dealkylation sites (tertiary alicyclic amines) is 1. The van der Waals surface area contributed by atoms with Gasteiger partial charge in [0.25, 0.3) is 5.91 Å². The summed E-state index contributed by atoms with van der Waals surface area (Å²) < 4.78 is 5.52. The molecule has 0 spiro atoms. The first-order valence-corrected chi connectivity index (χ1v) is 9.89. The second-order valence-electron chi connectivity index (χ2n) is 7.62. The van der Waals surface area contributed by atoms with Crippen molar-refractivity contribution in [3.63, 3.8) is 0 Å². The van der Waals surface area contributed by atoms with Gasteiger partial charge in [0, 0.05) is 12.2 Å². The molecule has 1 aliphatic rings. The Labute approximate surface area is 163 Å². The summed E-state index contributed by atoms with van der Waals surface area (Å²) in [6, 6.07) is 9.20. The van der Waals surface area contributed by atoms with E-state index in [1.165, 1.54) is 11.3 Å². The number of rotatable bonds is 3. The second kappa shape index (κ2) is 7.68. The van der Waals surface area contributed by atoms with Gasteiger partial charge in [-0.3, -0.25) is 9.69 Å². The maximum absolute atomic E-state index is 12.6. The van der Waals surface area contributed by atoms with Crippen molar-refractivity contribution in [2.75, 3.05) is 11.9 Å². The molecule has 1 N–H and O–H groups in total. The molecule has 1 aliphatic heterocycles. The standard InChI is InChI=1S/C20H25N3O3S/c1-13-16(17(24)22-14-9-6-5-7-10-14)27-18(21-13)15-11-8-12-23(15)19(25)26-20(2,3)4/h5-7,9-10,15H,8,11-12H2,1-4H3,(H,22,24). The number of hydrogen-bond acceptors (Lipinski definition) is 5. The summed E-state index contributed by atoms with van der Waals surface area (Å²) in [5.74, 6) is -0.177. The molecule has 2 amide bonds. The number of amides is 2. The molecule has 144 valence electrons. The molecule has 1 aromatic carbocycles. The van der Waals surface area contributed by atoms with E-state index in [-0.39, 0.29) is 18.0 Å². The van der Waals surface area contributed by atoms with E-state index < -0.39 is 5.60 Å². The van der Waals surface area contributed by atoms with Crippen LogP contribution in [-0.4, -0.2) is 34.0 Å². The average molecular weight is 388 g/mol. The van der Waals surface area contributed by atoms with Crippen molar-refractivity contribution in [1.82, 2.24) is 9.88 Å². The lowest BCUT2D eigenvalue weighted by Gasteiger charge is -2.27. The van der Waals surface area contributed by atoms with Crippen LogP contribution in [0, 0.1) is 6.92 Å². The van der Waals surface area contributed by atoms with Gasteiger partial charge in [-0.15, -0.1) is 11.3 Å². The second-order valence-corrected chi connectivity index (χ2v) is 8.65. The zero-order valence-corrected chi connectivity index (χ0v) is 16.9. The Bertz CT molecular complexity index is 827. The molecular weight excluding hydrogens is 362 g/mol. The van der Waals surface area contributed by atoms with Crippen LogP contribution in [0.3, 0.4) is 0 Å². The number of benzene rings is 1. The number of aryl methyl sites for hydroxylation is 1. The lowest BCUT2D eigenvalue weighted by atomic mass is 10.2. The van der Waals surface area contributed by atoms with Crippen LogP contribution < -0.4 is 5.32 Å². The van der Waals surface area contributed by atoms with Crippen LogP contribution in [0.25, 0.3) is 0 Å². The normalized spacial score (nSPS) is 17.0. The summed E-state index contributed by atoms with van der Waals surface area (Å²) in [6.45, 7) is 8.04. The predicted molar refractivity (Wildman–Crippen MR) is 106 cm³/mol. The third-order valence-electron chi connectivity index (χ3n) is 4.22. The zero-order chi connectivity index (χ0) is 19.6. The Morgan fingerprint density at radius 1 is 1.26 bits per heavy atom. The van der Waals surface area contributed by atoms with Gasteiger partial charge in [-0.1, -0.05) is 18.2 Å². The van der Waals surface area contributed by atoms with Gasteiger partial charge >= 0.3 is 6.09 Å². The van der Waals surface area contributed by atoms with Gasteiger partial charge in [-0.2, -0.15) is 0 Å². The zero-order valence-electron chi connectivity index (χ0n) is 16.1. The van der Waals surface area contributed by atoms with E-state index >= 15 is 0 Å². The first-order valence-electron chi connectivity index (χ1n) is 9.08. The summed E-state index contributed by atoms with van der Waals surface area (Å²) in [5, 5.41) is 3.68. The number of carbonyl (C=O) groups excluding carboxylic acids is 2. The van der Waals surface area contributed by atoms with Crippen molar-refractivity contribution in [3.8, 4) is 0 Å². The Morgan fingerprint density at radius 3 is 2.63 bits per heavy atom. The van der Waals surface area contributed by atoms with Gasteiger partial charge in [0.05, 0.1) is 11.7 Å². The molecular formula is C20H25N3O3S. The molecule has 0 radical (unpaired) electrons. The van der Waals surface area contributed by atoms with Gasteiger partial charge in [0.1, 0.15) is 15.5 Å². The van der Waals surface area contributed by atoms with Gasteiger partial charge in [-0.05, 0) is 52.7 Å². The van der Waals surface area contributed by atoms with Crippen molar-refractivity contribution in [2.24, 2.45) is 0 Å². The highest BCUT2D eigenvalue weighted by Gasteiger charge is 2.35. The summed E-state index contributed by atoms with van der Waals surface area (Å²) in [6.07, 6.45) is 1.40. The fraction of sp³-hybridized carbons (Fsp3) is 0.450. The Morgan fingerprint density at radius 2 is 1.96 bits per heavy atom. The topological polar surface area (TPSA) is 71.5 Å². The van der Waals surface area contributed by atoms with Gasteiger partial charge in [0.15, 0.2) is 0 Å². The molecule has 2 aromatic rings. The predicted octanol–water partition coefficient (Wildman–Crippen LogP) is 4.78. The Balaban J connectivity index is 1.77. The maximum atomic E-state index is 12.6. The smallest absolute Gasteiger partial charge is 0.410 e. The molecule has 0 aliphatic carbocycles. The van der Waals surface area contributed by atoms with Crippen molar-refractivity contribution in [2.45, 2.75) is 52.2 Å². The fourth-order valence-corrected chi connectivity index (χ4v) is 4.15. The SMILES string of the molecule is Cc1nc(C2CCCN2C(=O)OC(C)(C)C)sc1C(=O)Nc1ccccc1. The number of anilines is 1. The van der Waals surface area contributed by atoms with Gasteiger partial charge in [0.2, 0.25) is 0 Å². The molecule has 1 aromatic heterocycles. The molecule has 1 saturated heterocycles. The molecule has 27 heavy (non-hydrogen) atoms. The number of aromatic nitrogens is 1. The van der Waals surface area contributed by atoms with Crippen LogP contribution in [-0.2, 0) is 4.74 Å². The highest BCUT2D eigenvalue weighted by Crippen LogP contribution is 2.36. The molecule has 7 heteroatoms. The number of para-hydroxylation sites is 1. The summed E-state index contributed by atoms with van der Waals surface area (Å²) >= 11 is 1.35. The van der Waals surface area contributed by atoms with Crippen molar-refractivity contribution < 1.29 is 14.3 Å². The minimum absolute atomic E-state index is 0.137. The van der Waals surface area contributed by atoms with Crippen molar-refractivity contribution >= 4 is 29.0 Å². The summed E-state index contributed by atoms with van der Waals surface area (Å²) in [4.78, 5) is 32.0. The van der Waals surface area contributed by atoms with Crippen LogP contribution in [0.4, 0.5) is 10.5 Å². The molecule has 1 fully saturated rings. The van der Waals surface area contributed by atoms with Crippen molar-refractivity contribution in [3.05, 3.63) is 45.9 Å². The summed E-state index contributed by atoms with van der Waals surface area (Å²) in [7, 11) is 0. The third-order valence-corrected chi connectivity index (χ3v) is 5.47. The molecule has 6 nitrogen and oxygen atoms in total. The highest BCUT2D eigenvalue weighted by atomic mass is 32.1. The molecule has 2 heterocycles. The lowest BCUT2D eigenvalue weighted by molar-refractivity contribution is 0.0224. The van der Waals surface area contributed by atoms with Crippen molar-refractivity contribution in [1.29, 1.82) is 0 Å². The first kappa shape index (κ1) is 19.4. The number of hydrogen-bond donors (Lipinski definition) is 1. The maximum Gasteiger partial charge on any atom is 0.410 e. The highest BCUT2D eigenvalue weighted by molar-refractivity contribution is 7.14. The van der Waals surface area contributed by atoms with Gasteiger partial charge in [-0.25, -0.2) is 9.78 Å². The molecule has 0 saturated carbocycles. The number of carbonyl (C=O) groups is 2. The fourth-order valence-electron chi connectivity index (χ4n) is 3.04. The number of nitrogens with one attached hydrogen (secondary N) is 1. The van der Waals surface area contributed by atoms with Crippen LogP contribution in [0.2, 0.25) is 0 Å². The Hall–Kier alpha value is -2.41. The van der Waals surface area contributed by atoms with Crippen LogP contribution in [0.15, 0.2) is 30.3 Å². The van der Waals surface area contributed by atoms with E-state index in [0.29, 0.717) is 17.1 Å². The molecule has 3 rings (SSSR count). The minimum Gasteiger partial charge on any atom is -0.444 e. The third kappa shape index (κ3) is 4.66. The lowest BCUT2D eigenvalue weighted by Crippen LogP contribution is -2.36. The monoisotopic (exact) mass is 387 g/mol. The molecule has 1 atom stereocenters. The average Bonchev–Trinajstić information content (AvgIpc) is 3.20. The largest absolute Gasteiger partial charge is 0.444 e. The van der Waals surface area contributed by atoms with Gasteiger partial charge < -0.3 is 10.1 Å². The van der Waals surface area contributed by atoms with Crippen LogP contribution in [0.1, 0.15) is 60.0 Å². The van der Waals surface area contributed by atoms with E-state index in [0.717, 1.165) is 23.5 Å². The van der Waals surface area contributed by atoms with E-state index in [4.69, 9.17) is 4.74 Å². The Kier molecular flexibility index (Phi) is 5.51. The number of nitrogens with zero attached hydrogens (tertiary/aromatic N) is 2. The number of ether oxygens (including phenoxy) is 1. The van der Waals surface area contributed by atoms with E-state index in [9.17, 15) is 9.59 Å². The quantitative estimate of drug-likeness (QED) is 0.823. The summed E-state index contributed by atoms with van der Waals surface area (Å²) in [5.41, 5.74) is 0.886. The molecule has 1 unspecified atom stereocenters. The van der Waals surface area contributed by atoms with Crippen LogP contribution >= 0.6 is 11.3 Å². The van der Waals surface area contributed by atoms with E-state index in [1.807, 2.05) is 58.0 Å². The molecule has 0 bridgehead atoms. The van der Waals surface area contributed by atoms with E-state index in [2.05, 4.69) is 10.3 Å². The minimum atomic E-state index is -0.538.